The Morgan fingerprint density at radius 3 is 2.89 bits per heavy atom. The molecule has 5 nitrogen and oxygen atoms in total. The second-order valence-electron chi connectivity index (χ2n) is 4.17. The third-order valence-electron chi connectivity index (χ3n) is 2.87. The summed E-state index contributed by atoms with van der Waals surface area (Å²) < 4.78 is 24.2. The highest BCUT2D eigenvalue weighted by Gasteiger charge is 2.35. The molecule has 0 aromatic carbocycles. The molecule has 1 aromatic heterocycles. The monoisotopic (exact) mass is 332 g/mol. The van der Waals surface area contributed by atoms with Gasteiger partial charge in [-0.1, -0.05) is 6.42 Å². The number of nitrogens with one attached hydrogen (secondary N) is 1. The first-order chi connectivity index (χ1) is 8.50. The van der Waals surface area contributed by atoms with E-state index >= 15 is 0 Å². The molecule has 1 fully saturated rings. The van der Waals surface area contributed by atoms with Crippen molar-refractivity contribution >= 4 is 37.5 Å². The van der Waals surface area contributed by atoms with Crippen molar-refractivity contribution in [2.45, 2.75) is 24.5 Å². The highest BCUT2D eigenvalue weighted by atomic mass is 79.9. The summed E-state index contributed by atoms with van der Waals surface area (Å²) in [6.45, 7) is 0. The number of rotatable bonds is 2. The van der Waals surface area contributed by atoms with Gasteiger partial charge in [-0.05, 0) is 40.9 Å². The molecule has 1 aliphatic heterocycles. The quantitative estimate of drug-likeness (QED) is 0.895. The molecule has 1 atom stereocenters. The lowest BCUT2D eigenvalue weighted by molar-refractivity contribution is -0.116. The average molecular weight is 333 g/mol. The molecule has 0 saturated carbocycles. The van der Waals surface area contributed by atoms with Gasteiger partial charge in [0.05, 0.1) is 10.2 Å². The molecule has 7 heteroatoms. The standard InChI is InChI=1S/C11H13BrN2O3S/c12-8-4-3-6-13-10(8)14-11(15)9-5-1-2-7-18(9,16)17/h3-4,6,9H,1-2,5,7H2,(H,13,14,15). The second kappa shape index (κ2) is 5.36. The van der Waals surface area contributed by atoms with Crippen LogP contribution in [0.4, 0.5) is 5.82 Å². The Labute approximate surface area is 114 Å². The van der Waals surface area contributed by atoms with Gasteiger partial charge in [0, 0.05) is 6.20 Å². The zero-order chi connectivity index (χ0) is 13.2. The van der Waals surface area contributed by atoms with E-state index in [2.05, 4.69) is 26.2 Å². The Kier molecular flexibility index (Phi) is 4.01. The minimum Gasteiger partial charge on any atom is -0.309 e. The van der Waals surface area contributed by atoms with E-state index in [1.807, 2.05) is 0 Å². The van der Waals surface area contributed by atoms with Gasteiger partial charge in [-0.2, -0.15) is 0 Å². The number of carbonyl (C=O) groups is 1. The molecule has 0 spiro atoms. The van der Waals surface area contributed by atoms with Gasteiger partial charge < -0.3 is 5.32 Å². The van der Waals surface area contributed by atoms with Gasteiger partial charge in [-0.3, -0.25) is 4.79 Å². The van der Waals surface area contributed by atoms with Crippen LogP contribution in [0.5, 0.6) is 0 Å². The molecule has 1 aromatic rings. The first-order valence-corrected chi connectivity index (χ1v) is 8.14. The van der Waals surface area contributed by atoms with Gasteiger partial charge in [0.15, 0.2) is 9.84 Å². The number of pyridine rings is 1. The largest absolute Gasteiger partial charge is 0.309 e. The van der Waals surface area contributed by atoms with Gasteiger partial charge >= 0.3 is 0 Å². The summed E-state index contributed by atoms with van der Waals surface area (Å²) in [5, 5.41) is 1.62. The molecule has 98 valence electrons. The van der Waals surface area contributed by atoms with Crippen LogP contribution < -0.4 is 5.32 Å². The molecule has 0 bridgehead atoms. The molecular weight excluding hydrogens is 320 g/mol. The summed E-state index contributed by atoms with van der Waals surface area (Å²) in [5.41, 5.74) is 0. The molecule has 1 unspecified atom stereocenters. The maximum absolute atomic E-state index is 12.0. The maximum atomic E-state index is 12.0. The van der Waals surface area contributed by atoms with E-state index < -0.39 is 21.0 Å². The van der Waals surface area contributed by atoms with Crippen LogP contribution in [-0.4, -0.2) is 30.3 Å². The fourth-order valence-electron chi connectivity index (χ4n) is 1.92. The number of amides is 1. The maximum Gasteiger partial charge on any atom is 0.243 e. The van der Waals surface area contributed by atoms with Crippen molar-refractivity contribution in [1.82, 2.24) is 4.98 Å². The van der Waals surface area contributed by atoms with Crippen molar-refractivity contribution in [1.29, 1.82) is 0 Å². The molecule has 1 amide bonds. The Bertz CT molecular complexity index is 559. The lowest BCUT2D eigenvalue weighted by Gasteiger charge is -2.21. The van der Waals surface area contributed by atoms with E-state index in [9.17, 15) is 13.2 Å². The van der Waals surface area contributed by atoms with E-state index in [0.29, 0.717) is 23.1 Å². The molecular formula is C11H13BrN2O3S. The summed E-state index contributed by atoms with van der Waals surface area (Å²) in [5.74, 6) is -0.0496. The van der Waals surface area contributed by atoms with E-state index in [1.54, 1.807) is 12.1 Å². The predicted molar refractivity (Wildman–Crippen MR) is 72.0 cm³/mol. The Hall–Kier alpha value is -0.950. The number of hydrogen-bond donors (Lipinski definition) is 1. The van der Waals surface area contributed by atoms with Gasteiger partial charge in [-0.25, -0.2) is 13.4 Å². The molecule has 1 aliphatic rings. The Morgan fingerprint density at radius 2 is 2.22 bits per heavy atom. The molecule has 1 N–H and O–H groups in total. The number of halogens is 1. The van der Waals surface area contributed by atoms with Gasteiger partial charge in [0.2, 0.25) is 5.91 Å². The topological polar surface area (TPSA) is 76.1 Å². The van der Waals surface area contributed by atoms with Crippen LogP contribution in [0.2, 0.25) is 0 Å². The van der Waals surface area contributed by atoms with Gasteiger partial charge in [0.1, 0.15) is 11.1 Å². The summed E-state index contributed by atoms with van der Waals surface area (Å²) in [4.78, 5) is 16.0. The lowest BCUT2D eigenvalue weighted by Crippen LogP contribution is -2.39. The number of nitrogens with zero attached hydrogens (tertiary/aromatic N) is 1. The van der Waals surface area contributed by atoms with Crippen molar-refractivity contribution in [2.24, 2.45) is 0 Å². The predicted octanol–water partition coefficient (Wildman–Crippen LogP) is 1.75. The first kappa shape index (κ1) is 13.5. The van der Waals surface area contributed by atoms with Crippen LogP contribution in [0.25, 0.3) is 0 Å². The highest BCUT2D eigenvalue weighted by molar-refractivity contribution is 9.10. The summed E-state index contributed by atoms with van der Waals surface area (Å²) in [6, 6.07) is 3.45. The third-order valence-corrected chi connectivity index (χ3v) is 5.69. The molecule has 2 rings (SSSR count). The van der Waals surface area contributed by atoms with Crippen molar-refractivity contribution < 1.29 is 13.2 Å². The lowest BCUT2D eigenvalue weighted by atomic mass is 10.2. The smallest absolute Gasteiger partial charge is 0.243 e. The van der Waals surface area contributed by atoms with Crippen LogP contribution >= 0.6 is 15.9 Å². The van der Waals surface area contributed by atoms with Crippen molar-refractivity contribution in [3.63, 3.8) is 0 Å². The van der Waals surface area contributed by atoms with Gasteiger partial charge in [0.25, 0.3) is 0 Å². The molecule has 0 radical (unpaired) electrons. The molecule has 1 saturated heterocycles. The minimum atomic E-state index is -3.31. The van der Waals surface area contributed by atoms with Gasteiger partial charge in [-0.15, -0.1) is 0 Å². The van der Waals surface area contributed by atoms with Crippen LogP contribution in [-0.2, 0) is 14.6 Å². The minimum absolute atomic E-state index is 0.0917. The van der Waals surface area contributed by atoms with Crippen LogP contribution in [0, 0.1) is 0 Å². The molecule has 18 heavy (non-hydrogen) atoms. The van der Waals surface area contributed by atoms with Crippen molar-refractivity contribution in [3.05, 3.63) is 22.8 Å². The molecule has 0 aliphatic carbocycles. The number of carbonyl (C=O) groups excluding carboxylic acids is 1. The zero-order valence-electron chi connectivity index (χ0n) is 9.60. The normalized spacial score (nSPS) is 22.4. The highest BCUT2D eigenvalue weighted by Crippen LogP contribution is 2.23. The summed E-state index contributed by atoms with van der Waals surface area (Å²) in [6.07, 6.45) is 3.33. The van der Waals surface area contributed by atoms with Crippen LogP contribution in [0.15, 0.2) is 22.8 Å². The van der Waals surface area contributed by atoms with E-state index in [0.717, 1.165) is 6.42 Å². The summed E-state index contributed by atoms with van der Waals surface area (Å²) >= 11 is 3.25. The van der Waals surface area contributed by atoms with Crippen molar-refractivity contribution in [2.75, 3.05) is 11.1 Å². The average Bonchev–Trinajstić information content (AvgIpc) is 2.31. The van der Waals surface area contributed by atoms with E-state index in [4.69, 9.17) is 0 Å². The van der Waals surface area contributed by atoms with E-state index in [-0.39, 0.29) is 5.75 Å². The molecule has 2 heterocycles. The first-order valence-electron chi connectivity index (χ1n) is 5.63. The Morgan fingerprint density at radius 1 is 1.44 bits per heavy atom. The SMILES string of the molecule is O=C(Nc1ncccc1Br)C1CCCCS1(=O)=O. The Balaban J connectivity index is 2.15. The number of hydrogen-bond acceptors (Lipinski definition) is 4. The fraction of sp³-hybridized carbons (Fsp3) is 0.455. The zero-order valence-corrected chi connectivity index (χ0v) is 12.0. The number of sulfone groups is 1. The number of anilines is 1. The number of aromatic nitrogens is 1. The van der Waals surface area contributed by atoms with Crippen LogP contribution in [0.3, 0.4) is 0 Å². The second-order valence-corrected chi connectivity index (χ2v) is 7.33. The van der Waals surface area contributed by atoms with Crippen LogP contribution in [0.1, 0.15) is 19.3 Å². The fourth-order valence-corrected chi connectivity index (χ4v) is 4.08. The van der Waals surface area contributed by atoms with E-state index in [1.165, 1.54) is 6.20 Å². The van der Waals surface area contributed by atoms with Crippen molar-refractivity contribution in [3.8, 4) is 0 Å². The third kappa shape index (κ3) is 2.89. The summed E-state index contributed by atoms with van der Waals surface area (Å²) in [7, 11) is -3.31.